The van der Waals surface area contributed by atoms with E-state index < -0.39 is 0 Å². The molecule has 5 heteroatoms. The molecule has 3 rings (SSSR count). The molecule has 0 N–H and O–H groups in total. The first-order chi connectivity index (χ1) is 10.1. The lowest BCUT2D eigenvalue weighted by atomic mass is 9.97. The van der Waals surface area contributed by atoms with Gasteiger partial charge in [-0.15, -0.1) is 17.9 Å². The molecule has 3 nitrogen and oxygen atoms in total. The first kappa shape index (κ1) is 14.9. The summed E-state index contributed by atoms with van der Waals surface area (Å²) >= 11 is 3.37. The maximum Gasteiger partial charge on any atom is 0.263 e. The lowest BCUT2D eigenvalue weighted by Gasteiger charge is -2.13. The summed E-state index contributed by atoms with van der Waals surface area (Å²) in [5, 5.41) is 2.09. The number of allylic oxidation sites excluding steroid dienone is 1. The van der Waals surface area contributed by atoms with Gasteiger partial charge in [-0.3, -0.25) is 9.36 Å². The first-order valence-electron chi connectivity index (χ1n) is 7.44. The zero-order chi connectivity index (χ0) is 15.0. The molecule has 0 aliphatic heterocycles. The van der Waals surface area contributed by atoms with E-state index in [0.717, 1.165) is 28.2 Å². The topological polar surface area (TPSA) is 34.9 Å². The Kier molecular flexibility index (Phi) is 4.22. The van der Waals surface area contributed by atoms with Crippen molar-refractivity contribution in [2.24, 2.45) is 0 Å². The number of aryl methyl sites for hydroxylation is 2. The summed E-state index contributed by atoms with van der Waals surface area (Å²) in [6.45, 7) is 8.56. The third kappa shape index (κ3) is 2.69. The Morgan fingerprint density at radius 3 is 2.90 bits per heavy atom. The first-order valence-corrected chi connectivity index (χ1v) is 9.14. The molecule has 0 atom stereocenters. The summed E-state index contributed by atoms with van der Waals surface area (Å²) in [6.07, 6.45) is 6.32. The molecule has 0 spiro atoms. The monoisotopic (exact) mass is 320 g/mol. The van der Waals surface area contributed by atoms with Gasteiger partial charge >= 0.3 is 0 Å². The van der Waals surface area contributed by atoms with Crippen LogP contribution in [-0.4, -0.2) is 14.8 Å². The van der Waals surface area contributed by atoms with Crippen molar-refractivity contribution in [3.63, 3.8) is 0 Å². The quantitative estimate of drug-likeness (QED) is 0.485. The second-order valence-electron chi connectivity index (χ2n) is 5.66. The zero-order valence-electron chi connectivity index (χ0n) is 12.5. The average molecular weight is 320 g/mol. The lowest BCUT2D eigenvalue weighted by Crippen LogP contribution is -2.23. The second-order valence-corrected chi connectivity index (χ2v) is 8.28. The summed E-state index contributed by atoms with van der Waals surface area (Å²) in [5.41, 5.74) is 1.38. The van der Waals surface area contributed by atoms with Gasteiger partial charge in [0.1, 0.15) is 4.83 Å². The van der Waals surface area contributed by atoms with Crippen LogP contribution in [0.3, 0.4) is 0 Å². The minimum absolute atomic E-state index is 0.113. The van der Waals surface area contributed by atoms with Crippen molar-refractivity contribution in [1.29, 1.82) is 0 Å². The van der Waals surface area contributed by atoms with Crippen LogP contribution in [0.1, 0.15) is 37.1 Å². The van der Waals surface area contributed by atoms with Crippen molar-refractivity contribution >= 4 is 33.3 Å². The van der Waals surface area contributed by atoms with Gasteiger partial charge in [-0.1, -0.05) is 31.7 Å². The molecule has 0 amide bonds. The van der Waals surface area contributed by atoms with Crippen LogP contribution in [0.25, 0.3) is 10.2 Å². The molecule has 0 aromatic carbocycles. The lowest BCUT2D eigenvalue weighted by molar-refractivity contribution is 0.667. The highest BCUT2D eigenvalue weighted by atomic mass is 32.2. The predicted molar refractivity (Wildman–Crippen MR) is 91.7 cm³/mol. The van der Waals surface area contributed by atoms with E-state index in [-0.39, 0.29) is 5.56 Å². The van der Waals surface area contributed by atoms with Crippen LogP contribution in [0.5, 0.6) is 0 Å². The van der Waals surface area contributed by atoms with Crippen LogP contribution in [0.15, 0.2) is 22.6 Å². The van der Waals surface area contributed by atoms with Crippen LogP contribution in [0, 0.1) is 0 Å². The number of hydrogen-bond acceptors (Lipinski definition) is 4. The SMILES string of the molecule is C=CCn1c(SC(C)C)nc2sc3c(c2c1=O)CCCC3. The Hall–Kier alpha value is -1.07. The number of nitrogens with zero attached hydrogens (tertiary/aromatic N) is 2. The fourth-order valence-electron chi connectivity index (χ4n) is 2.81. The van der Waals surface area contributed by atoms with E-state index in [1.165, 1.54) is 23.3 Å². The molecule has 2 heterocycles. The second kappa shape index (κ2) is 5.97. The highest BCUT2D eigenvalue weighted by Gasteiger charge is 2.22. The van der Waals surface area contributed by atoms with Crippen LogP contribution >= 0.6 is 23.1 Å². The standard InChI is InChI=1S/C16H20N2OS2/c1-4-9-18-15(19)13-11-7-5-6-8-12(11)21-14(13)17-16(18)20-10(2)3/h4,10H,1,5-9H2,2-3H3. The van der Waals surface area contributed by atoms with E-state index in [9.17, 15) is 4.79 Å². The van der Waals surface area contributed by atoms with Crippen LogP contribution in [0.2, 0.25) is 0 Å². The van der Waals surface area contributed by atoms with Gasteiger partial charge in [-0.2, -0.15) is 0 Å². The van der Waals surface area contributed by atoms with Crippen molar-refractivity contribution in [3.05, 3.63) is 33.4 Å². The Morgan fingerprint density at radius 1 is 1.43 bits per heavy atom. The predicted octanol–water partition coefficient (Wildman–Crippen LogP) is 4.02. The number of fused-ring (bicyclic) bond motifs is 3. The Labute approximate surface area is 133 Å². The molecule has 0 radical (unpaired) electrons. The molecule has 21 heavy (non-hydrogen) atoms. The molecule has 0 fully saturated rings. The van der Waals surface area contributed by atoms with E-state index in [1.807, 2.05) is 0 Å². The smallest absolute Gasteiger partial charge is 0.263 e. The minimum Gasteiger partial charge on any atom is -0.283 e. The van der Waals surface area contributed by atoms with Gasteiger partial charge in [0.05, 0.1) is 5.39 Å². The third-order valence-corrected chi connectivity index (χ3v) is 5.87. The Balaban J connectivity index is 2.26. The fourth-order valence-corrected chi connectivity index (χ4v) is 4.97. The van der Waals surface area contributed by atoms with Crippen molar-refractivity contribution in [3.8, 4) is 0 Å². The van der Waals surface area contributed by atoms with E-state index in [4.69, 9.17) is 4.98 Å². The summed E-state index contributed by atoms with van der Waals surface area (Å²) in [4.78, 5) is 20.0. The van der Waals surface area contributed by atoms with Crippen molar-refractivity contribution in [1.82, 2.24) is 9.55 Å². The number of thioether (sulfide) groups is 1. The van der Waals surface area contributed by atoms with Gasteiger partial charge in [-0.05, 0) is 31.2 Å². The number of rotatable bonds is 4. The number of hydrogen-bond donors (Lipinski definition) is 0. The molecule has 1 aliphatic rings. The third-order valence-electron chi connectivity index (χ3n) is 3.69. The molecule has 1 aliphatic carbocycles. The number of thiophene rings is 1. The van der Waals surface area contributed by atoms with Crippen LogP contribution in [-0.2, 0) is 19.4 Å². The zero-order valence-corrected chi connectivity index (χ0v) is 14.1. The van der Waals surface area contributed by atoms with Gasteiger partial charge < -0.3 is 0 Å². The summed E-state index contributed by atoms with van der Waals surface area (Å²) < 4.78 is 1.78. The van der Waals surface area contributed by atoms with Crippen LogP contribution < -0.4 is 5.56 Å². The summed E-state index contributed by atoms with van der Waals surface area (Å²) in [6, 6.07) is 0. The molecular weight excluding hydrogens is 300 g/mol. The van der Waals surface area contributed by atoms with Gasteiger partial charge in [0.2, 0.25) is 0 Å². The van der Waals surface area contributed by atoms with Gasteiger partial charge in [-0.25, -0.2) is 4.98 Å². The van der Waals surface area contributed by atoms with Crippen LogP contribution in [0.4, 0.5) is 0 Å². The molecule has 0 saturated heterocycles. The maximum atomic E-state index is 12.9. The average Bonchev–Trinajstić information content (AvgIpc) is 2.80. The fraction of sp³-hybridized carbons (Fsp3) is 0.500. The number of aromatic nitrogens is 2. The van der Waals surface area contributed by atoms with Gasteiger partial charge in [0.15, 0.2) is 5.16 Å². The molecule has 0 bridgehead atoms. The van der Waals surface area contributed by atoms with E-state index >= 15 is 0 Å². The maximum absolute atomic E-state index is 12.9. The van der Waals surface area contributed by atoms with E-state index in [0.29, 0.717) is 11.8 Å². The van der Waals surface area contributed by atoms with Gasteiger partial charge in [0.25, 0.3) is 5.56 Å². The van der Waals surface area contributed by atoms with Crippen molar-refractivity contribution < 1.29 is 0 Å². The highest BCUT2D eigenvalue weighted by molar-refractivity contribution is 7.99. The minimum atomic E-state index is 0.113. The Morgan fingerprint density at radius 2 is 2.19 bits per heavy atom. The van der Waals surface area contributed by atoms with E-state index in [1.54, 1.807) is 33.7 Å². The molecular formula is C16H20N2OS2. The summed E-state index contributed by atoms with van der Waals surface area (Å²) in [5.74, 6) is 0. The Bertz CT molecular complexity index is 743. The van der Waals surface area contributed by atoms with Crippen molar-refractivity contribution in [2.75, 3.05) is 0 Å². The van der Waals surface area contributed by atoms with E-state index in [2.05, 4.69) is 20.4 Å². The largest absolute Gasteiger partial charge is 0.283 e. The molecule has 2 aromatic heterocycles. The van der Waals surface area contributed by atoms with Gasteiger partial charge in [0, 0.05) is 16.7 Å². The molecule has 112 valence electrons. The normalized spacial score (nSPS) is 14.6. The molecule has 0 saturated carbocycles. The highest BCUT2D eigenvalue weighted by Crippen LogP contribution is 2.35. The van der Waals surface area contributed by atoms with Crippen molar-refractivity contribution in [2.45, 2.75) is 56.5 Å². The summed E-state index contributed by atoms with van der Waals surface area (Å²) in [7, 11) is 0. The molecule has 2 aromatic rings. The molecule has 0 unspecified atom stereocenters.